The van der Waals surface area contributed by atoms with Gasteiger partial charge in [0.25, 0.3) is 0 Å². The molecule has 0 aliphatic carbocycles. The minimum absolute atomic E-state index is 0.710. The lowest BCUT2D eigenvalue weighted by molar-refractivity contribution is 0.737. The molecule has 1 aromatic carbocycles. The Kier molecular flexibility index (Phi) is 4.84. The molecule has 0 bridgehead atoms. The summed E-state index contributed by atoms with van der Waals surface area (Å²) in [5.41, 5.74) is 4.72. The fourth-order valence-corrected chi connectivity index (χ4v) is 3.73. The third-order valence-corrected chi connectivity index (χ3v) is 5.29. The SMILES string of the molecule is Clc1ccc(Cl)c(CN2CCNc3ncc(C4=CCNCC4)cc32)c1. The van der Waals surface area contributed by atoms with E-state index in [1.54, 1.807) is 0 Å². The summed E-state index contributed by atoms with van der Waals surface area (Å²) < 4.78 is 0. The summed E-state index contributed by atoms with van der Waals surface area (Å²) in [4.78, 5) is 6.97. The normalized spacial score (nSPS) is 16.9. The summed E-state index contributed by atoms with van der Waals surface area (Å²) >= 11 is 12.5. The number of benzene rings is 1. The molecule has 0 amide bonds. The van der Waals surface area contributed by atoms with E-state index in [0.29, 0.717) is 5.02 Å². The number of rotatable bonds is 3. The Morgan fingerprint density at radius 2 is 2.08 bits per heavy atom. The van der Waals surface area contributed by atoms with Crippen LogP contribution in [-0.4, -0.2) is 31.2 Å². The lowest BCUT2D eigenvalue weighted by atomic mass is 10.0. The molecule has 2 N–H and O–H groups in total. The van der Waals surface area contributed by atoms with Crippen LogP contribution < -0.4 is 15.5 Å². The zero-order chi connectivity index (χ0) is 17.2. The molecule has 0 unspecified atom stereocenters. The topological polar surface area (TPSA) is 40.2 Å². The van der Waals surface area contributed by atoms with E-state index in [4.69, 9.17) is 23.2 Å². The van der Waals surface area contributed by atoms with Crippen LogP contribution in [0.2, 0.25) is 10.0 Å². The van der Waals surface area contributed by atoms with Gasteiger partial charge in [-0.05, 0) is 53.9 Å². The number of hydrogen-bond acceptors (Lipinski definition) is 4. The third kappa shape index (κ3) is 3.61. The van der Waals surface area contributed by atoms with Gasteiger partial charge in [0, 0.05) is 42.4 Å². The van der Waals surface area contributed by atoms with Crippen LogP contribution in [0.4, 0.5) is 11.5 Å². The lowest BCUT2D eigenvalue weighted by Crippen LogP contribution is -2.34. The lowest BCUT2D eigenvalue weighted by Gasteiger charge is -2.32. The van der Waals surface area contributed by atoms with Gasteiger partial charge in [0.2, 0.25) is 0 Å². The molecule has 0 radical (unpaired) electrons. The minimum atomic E-state index is 0.710. The maximum atomic E-state index is 6.36. The molecule has 0 saturated heterocycles. The van der Waals surface area contributed by atoms with E-state index in [2.05, 4.69) is 32.7 Å². The van der Waals surface area contributed by atoms with Crippen molar-refractivity contribution in [2.24, 2.45) is 0 Å². The number of fused-ring (bicyclic) bond motifs is 1. The number of aromatic nitrogens is 1. The maximum absolute atomic E-state index is 6.36. The number of halogens is 2. The van der Waals surface area contributed by atoms with Crippen LogP contribution in [0.25, 0.3) is 5.57 Å². The molecule has 4 rings (SSSR count). The quantitative estimate of drug-likeness (QED) is 0.844. The van der Waals surface area contributed by atoms with Crippen molar-refractivity contribution in [1.29, 1.82) is 0 Å². The minimum Gasteiger partial charge on any atom is -0.367 e. The summed E-state index contributed by atoms with van der Waals surface area (Å²) in [6, 6.07) is 7.86. The average Bonchev–Trinajstić information content (AvgIpc) is 2.65. The first kappa shape index (κ1) is 16.7. The first-order chi connectivity index (χ1) is 12.2. The molecular weight excluding hydrogens is 355 g/mol. The number of hydrogen-bond donors (Lipinski definition) is 2. The highest BCUT2D eigenvalue weighted by molar-refractivity contribution is 6.33. The van der Waals surface area contributed by atoms with Crippen molar-refractivity contribution >= 4 is 40.3 Å². The van der Waals surface area contributed by atoms with Crippen molar-refractivity contribution in [2.45, 2.75) is 13.0 Å². The Hall–Kier alpha value is -1.75. The van der Waals surface area contributed by atoms with Crippen molar-refractivity contribution in [1.82, 2.24) is 10.3 Å². The Balaban J connectivity index is 1.66. The first-order valence-corrected chi connectivity index (χ1v) is 9.29. The van der Waals surface area contributed by atoms with E-state index in [9.17, 15) is 0 Å². The van der Waals surface area contributed by atoms with Gasteiger partial charge < -0.3 is 15.5 Å². The smallest absolute Gasteiger partial charge is 0.149 e. The van der Waals surface area contributed by atoms with E-state index in [1.807, 2.05) is 24.4 Å². The Morgan fingerprint density at radius 1 is 1.16 bits per heavy atom. The zero-order valence-corrected chi connectivity index (χ0v) is 15.4. The summed E-state index contributed by atoms with van der Waals surface area (Å²) in [6.07, 6.45) is 5.26. The molecule has 6 heteroatoms. The molecule has 0 atom stereocenters. The van der Waals surface area contributed by atoms with Gasteiger partial charge in [0.1, 0.15) is 5.82 Å². The zero-order valence-electron chi connectivity index (χ0n) is 13.9. The Morgan fingerprint density at radius 3 is 2.92 bits per heavy atom. The summed E-state index contributed by atoms with van der Waals surface area (Å²) in [5.74, 6) is 0.933. The van der Waals surface area contributed by atoms with Crippen molar-refractivity contribution in [3.63, 3.8) is 0 Å². The summed E-state index contributed by atoms with van der Waals surface area (Å²) in [6.45, 7) is 4.43. The fourth-order valence-electron chi connectivity index (χ4n) is 3.35. The highest BCUT2D eigenvalue weighted by atomic mass is 35.5. The van der Waals surface area contributed by atoms with Gasteiger partial charge in [-0.25, -0.2) is 4.98 Å². The van der Waals surface area contributed by atoms with E-state index in [0.717, 1.165) is 61.2 Å². The largest absolute Gasteiger partial charge is 0.367 e. The predicted octanol–water partition coefficient (Wildman–Crippen LogP) is 4.20. The van der Waals surface area contributed by atoms with E-state index >= 15 is 0 Å². The molecular formula is C19H20Cl2N4. The van der Waals surface area contributed by atoms with Crippen LogP contribution in [0, 0.1) is 0 Å². The van der Waals surface area contributed by atoms with Gasteiger partial charge in [-0.1, -0.05) is 29.3 Å². The van der Waals surface area contributed by atoms with Gasteiger partial charge in [-0.2, -0.15) is 0 Å². The highest BCUT2D eigenvalue weighted by Crippen LogP contribution is 2.33. The summed E-state index contributed by atoms with van der Waals surface area (Å²) in [5, 5.41) is 8.20. The van der Waals surface area contributed by atoms with Gasteiger partial charge in [0.05, 0.1) is 5.69 Å². The monoisotopic (exact) mass is 374 g/mol. The molecule has 25 heavy (non-hydrogen) atoms. The standard InChI is InChI=1S/C19H20Cl2N4/c20-16-1-2-17(21)15(9-16)12-25-8-7-23-19-18(25)10-14(11-24-19)13-3-5-22-6-4-13/h1-3,9-11,22H,4-8,12H2,(H,23,24). The highest BCUT2D eigenvalue weighted by Gasteiger charge is 2.20. The second-order valence-electron chi connectivity index (χ2n) is 6.36. The Bertz CT molecular complexity index is 819. The average molecular weight is 375 g/mol. The van der Waals surface area contributed by atoms with Crippen LogP contribution in [-0.2, 0) is 6.54 Å². The predicted molar refractivity (Wildman–Crippen MR) is 106 cm³/mol. The van der Waals surface area contributed by atoms with Crippen molar-refractivity contribution in [2.75, 3.05) is 36.4 Å². The van der Waals surface area contributed by atoms with Crippen molar-refractivity contribution in [3.8, 4) is 0 Å². The van der Waals surface area contributed by atoms with Crippen LogP contribution in [0.5, 0.6) is 0 Å². The van der Waals surface area contributed by atoms with E-state index in [-0.39, 0.29) is 0 Å². The number of nitrogens with one attached hydrogen (secondary N) is 2. The fraction of sp³-hybridized carbons (Fsp3) is 0.316. The van der Waals surface area contributed by atoms with Crippen LogP contribution in [0.15, 0.2) is 36.5 Å². The molecule has 130 valence electrons. The van der Waals surface area contributed by atoms with Crippen LogP contribution in [0.1, 0.15) is 17.5 Å². The van der Waals surface area contributed by atoms with E-state index < -0.39 is 0 Å². The van der Waals surface area contributed by atoms with Gasteiger partial charge in [-0.15, -0.1) is 0 Å². The van der Waals surface area contributed by atoms with Gasteiger partial charge in [-0.3, -0.25) is 0 Å². The number of pyridine rings is 1. The van der Waals surface area contributed by atoms with Crippen molar-refractivity contribution in [3.05, 3.63) is 57.7 Å². The van der Waals surface area contributed by atoms with Gasteiger partial charge >= 0.3 is 0 Å². The molecule has 0 spiro atoms. The third-order valence-electron chi connectivity index (χ3n) is 4.69. The molecule has 0 fully saturated rings. The first-order valence-electron chi connectivity index (χ1n) is 8.53. The summed E-state index contributed by atoms with van der Waals surface area (Å²) in [7, 11) is 0. The molecule has 0 saturated carbocycles. The number of nitrogens with zero attached hydrogens (tertiary/aromatic N) is 2. The molecule has 1 aromatic heterocycles. The Labute approximate surface area is 157 Å². The van der Waals surface area contributed by atoms with E-state index in [1.165, 1.54) is 11.1 Å². The molecule has 4 nitrogen and oxygen atoms in total. The second-order valence-corrected chi connectivity index (χ2v) is 7.20. The maximum Gasteiger partial charge on any atom is 0.149 e. The number of anilines is 2. The second kappa shape index (κ2) is 7.24. The molecule has 3 heterocycles. The van der Waals surface area contributed by atoms with Crippen LogP contribution in [0.3, 0.4) is 0 Å². The molecule has 2 aliphatic rings. The molecule has 2 aliphatic heterocycles. The molecule has 2 aromatic rings. The van der Waals surface area contributed by atoms with Gasteiger partial charge in [0.15, 0.2) is 0 Å². The van der Waals surface area contributed by atoms with Crippen LogP contribution >= 0.6 is 23.2 Å². The van der Waals surface area contributed by atoms with Crippen molar-refractivity contribution < 1.29 is 0 Å².